The monoisotopic (exact) mass is 574 g/mol. The fourth-order valence-corrected chi connectivity index (χ4v) is 6.26. The van der Waals surface area contributed by atoms with Crippen LogP contribution in [-0.2, 0) is 17.8 Å². The number of aromatic nitrogens is 1. The van der Waals surface area contributed by atoms with Crippen LogP contribution in [0.25, 0.3) is 10.9 Å². The van der Waals surface area contributed by atoms with E-state index in [4.69, 9.17) is 11.6 Å². The fourth-order valence-electron chi connectivity index (χ4n) is 6.13. The molecule has 0 spiro atoms. The molecule has 2 atom stereocenters. The van der Waals surface area contributed by atoms with Crippen LogP contribution in [0.3, 0.4) is 0 Å². The Morgan fingerprint density at radius 2 is 1.64 bits per heavy atom. The van der Waals surface area contributed by atoms with Crippen molar-refractivity contribution < 1.29 is 14.4 Å². The van der Waals surface area contributed by atoms with E-state index in [2.05, 4.69) is 10.3 Å². The van der Waals surface area contributed by atoms with Gasteiger partial charge in [-0.25, -0.2) is 9.69 Å². The summed E-state index contributed by atoms with van der Waals surface area (Å²) in [6.07, 6.45) is 0.383. The summed E-state index contributed by atoms with van der Waals surface area (Å²) in [5, 5.41) is 4.57. The summed E-state index contributed by atoms with van der Waals surface area (Å²) in [5.41, 5.74) is 6.34. The average Bonchev–Trinajstić information content (AvgIpc) is 3.50. The molecule has 0 aliphatic carbocycles. The van der Waals surface area contributed by atoms with Gasteiger partial charge in [0.25, 0.3) is 11.8 Å². The standard InChI is InChI=1S/C34H27ClN4O3/c1-20-10-14-22(15-11-20)31-30-26(24-6-2-4-8-27(24)37-30)18-29-33(41)39(34(42)38(29)31)28-9-5-3-7-25(28)32(40)36-19-21-12-16-23(35)17-13-21/h2-17,29,31,37H,18-19H2,1H3,(H,36,40). The maximum Gasteiger partial charge on any atom is 0.332 e. The summed E-state index contributed by atoms with van der Waals surface area (Å²) < 4.78 is 0. The molecule has 4 aromatic carbocycles. The number of fused-ring (bicyclic) bond motifs is 4. The molecule has 5 aromatic rings. The molecule has 1 aromatic heterocycles. The molecule has 0 bridgehead atoms. The van der Waals surface area contributed by atoms with Gasteiger partial charge in [-0.2, -0.15) is 0 Å². The second-order valence-corrected chi connectivity index (χ2v) is 11.2. The number of imide groups is 1. The first kappa shape index (κ1) is 26.0. The van der Waals surface area contributed by atoms with Crippen molar-refractivity contribution >= 4 is 46.0 Å². The first-order chi connectivity index (χ1) is 20.4. The summed E-state index contributed by atoms with van der Waals surface area (Å²) in [5.74, 6) is -0.719. The van der Waals surface area contributed by atoms with E-state index in [9.17, 15) is 14.4 Å². The highest BCUT2D eigenvalue weighted by molar-refractivity contribution is 6.30. The van der Waals surface area contributed by atoms with Crippen LogP contribution in [0.4, 0.5) is 10.5 Å². The smallest absolute Gasteiger partial charge is 0.332 e. The number of amides is 4. The number of urea groups is 1. The predicted molar refractivity (Wildman–Crippen MR) is 163 cm³/mol. The summed E-state index contributed by atoms with van der Waals surface area (Å²) in [6, 6.07) is 28.4. The van der Waals surface area contributed by atoms with Gasteiger partial charge in [0.15, 0.2) is 0 Å². The first-order valence-electron chi connectivity index (χ1n) is 13.8. The van der Waals surface area contributed by atoms with E-state index in [1.54, 1.807) is 41.3 Å². The Morgan fingerprint density at radius 1 is 0.929 bits per heavy atom. The molecule has 208 valence electrons. The topological polar surface area (TPSA) is 85.5 Å². The Kier molecular flexibility index (Phi) is 6.32. The minimum absolute atomic E-state index is 0.254. The number of aryl methyl sites for hydroxylation is 1. The molecule has 4 amide bonds. The number of benzene rings is 4. The van der Waals surface area contributed by atoms with Gasteiger partial charge in [0.05, 0.1) is 11.3 Å². The average molecular weight is 575 g/mol. The van der Waals surface area contributed by atoms with Crippen molar-refractivity contribution in [3.05, 3.63) is 136 Å². The summed E-state index contributed by atoms with van der Waals surface area (Å²) in [4.78, 5) is 48.2. The predicted octanol–water partition coefficient (Wildman–Crippen LogP) is 6.54. The SMILES string of the molecule is Cc1ccc(C2c3[nH]c4ccccc4c3CC3C(=O)N(c4ccccc4C(=O)NCc4ccc(Cl)cc4)C(=O)N32)cc1. The van der Waals surface area contributed by atoms with Crippen molar-refractivity contribution in [2.24, 2.45) is 0 Å². The Hall–Kier alpha value is -4.88. The van der Waals surface area contributed by atoms with Crippen LogP contribution in [0.2, 0.25) is 5.02 Å². The largest absolute Gasteiger partial charge is 0.356 e. The number of nitrogens with one attached hydrogen (secondary N) is 2. The summed E-state index contributed by atoms with van der Waals surface area (Å²) >= 11 is 5.99. The maximum absolute atomic E-state index is 14.3. The fraction of sp³-hybridized carbons (Fsp3) is 0.147. The molecular formula is C34H27ClN4O3. The molecule has 7 rings (SSSR count). The third-order valence-corrected chi connectivity index (χ3v) is 8.45. The van der Waals surface area contributed by atoms with Crippen molar-refractivity contribution in [2.45, 2.75) is 32.0 Å². The summed E-state index contributed by atoms with van der Waals surface area (Å²) in [7, 11) is 0. The Labute approximate surface area is 247 Å². The van der Waals surface area contributed by atoms with Gasteiger partial charge in [-0.15, -0.1) is 0 Å². The van der Waals surface area contributed by atoms with Gasteiger partial charge in [-0.05, 0) is 53.9 Å². The van der Waals surface area contributed by atoms with E-state index >= 15 is 0 Å². The lowest BCUT2D eigenvalue weighted by atomic mass is 9.88. The summed E-state index contributed by atoms with van der Waals surface area (Å²) in [6.45, 7) is 2.29. The number of para-hydroxylation sites is 2. The number of hydrogen-bond donors (Lipinski definition) is 2. The highest BCUT2D eigenvalue weighted by Gasteiger charge is 2.53. The molecule has 7 nitrogen and oxygen atoms in total. The van der Waals surface area contributed by atoms with Gasteiger partial charge < -0.3 is 10.3 Å². The highest BCUT2D eigenvalue weighted by Crippen LogP contribution is 2.45. The molecule has 8 heteroatoms. The molecule has 0 radical (unpaired) electrons. The van der Waals surface area contributed by atoms with Crippen LogP contribution in [0.1, 0.15) is 44.3 Å². The number of aromatic amines is 1. The first-order valence-corrected chi connectivity index (χ1v) is 14.2. The van der Waals surface area contributed by atoms with Crippen molar-refractivity contribution in [1.82, 2.24) is 15.2 Å². The number of hydrogen-bond acceptors (Lipinski definition) is 3. The van der Waals surface area contributed by atoms with E-state index in [1.807, 2.05) is 67.6 Å². The number of carbonyl (C=O) groups is 3. The van der Waals surface area contributed by atoms with E-state index in [-0.39, 0.29) is 29.6 Å². The van der Waals surface area contributed by atoms with Crippen molar-refractivity contribution in [1.29, 1.82) is 0 Å². The minimum Gasteiger partial charge on any atom is -0.356 e. The zero-order valence-corrected chi connectivity index (χ0v) is 23.6. The molecule has 2 N–H and O–H groups in total. The number of rotatable bonds is 5. The molecule has 1 fully saturated rings. The van der Waals surface area contributed by atoms with Gasteiger partial charge in [0, 0.05) is 34.6 Å². The van der Waals surface area contributed by atoms with Crippen LogP contribution >= 0.6 is 11.6 Å². The molecule has 0 saturated carbocycles. The number of carbonyl (C=O) groups excluding carboxylic acids is 3. The minimum atomic E-state index is -0.708. The van der Waals surface area contributed by atoms with Crippen LogP contribution in [0.5, 0.6) is 0 Å². The molecule has 3 heterocycles. The van der Waals surface area contributed by atoms with Gasteiger partial charge >= 0.3 is 6.03 Å². The Morgan fingerprint density at radius 3 is 2.43 bits per heavy atom. The Balaban J connectivity index is 1.27. The third-order valence-electron chi connectivity index (χ3n) is 8.20. The number of halogens is 1. The van der Waals surface area contributed by atoms with Crippen LogP contribution in [0.15, 0.2) is 97.1 Å². The molecule has 1 saturated heterocycles. The lowest BCUT2D eigenvalue weighted by Crippen LogP contribution is -2.44. The van der Waals surface area contributed by atoms with E-state index < -0.39 is 18.1 Å². The van der Waals surface area contributed by atoms with E-state index in [1.165, 1.54) is 4.90 Å². The number of nitrogens with zero attached hydrogens (tertiary/aromatic N) is 2. The molecule has 42 heavy (non-hydrogen) atoms. The van der Waals surface area contributed by atoms with Gasteiger partial charge in [0.2, 0.25) is 0 Å². The molecule has 2 aliphatic rings. The van der Waals surface area contributed by atoms with Gasteiger partial charge in [-0.1, -0.05) is 83.9 Å². The van der Waals surface area contributed by atoms with E-state index in [0.29, 0.717) is 11.4 Å². The van der Waals surface area contributed by atoms with Gasteiger partial charge in [-0.3, -0.25) is 14.5 Å². The van der Waals surface area contributed by atoms with Crippen LogP contribution in [0, 0.1) is 6.92 Å². The number of H-pyrrole nitrogens is 1. The zero-order chi connectivity index (χ0) is 29.0. The molecular weight excluding hydrogens is 548 g/mol. The second kappa shape index (κ2) is 10.2. The van der Waals surface area contributed by atoms with Crippen LogP contribution in [-0.4, -0.2) is 33.8 Å². The third kappa shape index (κ3) is 4.25. The van der Waals surface area contributed by atoms with Gasteiger partial charge in [0.1, 0.15) is 12.1 Å². The van der Waals surface area contributed by atoms with Crippen molar-refractivity contribution in [2.75, 3.05) is 4.90 Å². The normalized spacial score (nSPS) is 17.9. The molecule has 2 aliphatic heterocycles. The van der Waals surface area contributed by atoms with Crippen LogP contribution < -0.4 is 10.2 Å². The van der Waals surface area contributed by atoms with E-state index in [0.717, 1.165) is 38.9 Å². The second-order valence-electron chi connectivity index (χ2n) is 10.8. The van der Waals surface area contributed by atoms with Crippen molar-refractivity contribution in [3.8, 4) is 0 Å². The highest BCUT2D eigenvalue weighted by atomic mass is 35.5. The van der Waals surface area contributed by atoms with Crippen molar-refractivity contribution in [3.63, 3.8) is 0 Å². The maximum atomic E-state index is 14.3. The lowest BCUT2D eigenvalue weighted by Gasteiger charge is -2.36. The Bertz CT molecular complexity index is 1860. The molecule has 2 unspecified atom stereocenters. The quantitative estimate of drug-likeness (QED) is 0.234. The lowest BCUT2D eigenvalue weighted by molar-refractivity contribution is -0.120. The zero-order valence-electron chi connectivity index (χ0n) is 22.8. The number of anilines is 1.